The second-order valence-corrected chi connectivity index (χ2v) is 9.91. The van der Waals surface area contributed by atoms with Gasteiger partial charge in [-0.15, -0.1) is 0 Å². The van der Waals surface area contributed by atoms with Crippen LogP contribution in [-0.2, 0) is 10.3 Å². The van der Waals surface area contributed by atoms with Crippen molar-refractivity contribution >= 4 is 34.8 Å². The van der Waals surface area contributed by atoms with Crippen molar-refractivity contribution in [2.45, 2.75) is 50.7 Å². The summed E-state index contributed by atoms with van der Waals surface area (Å²) < 4.78 is 16.1. The summed E-state index contributed by atoms with van der Waals surface area (Å²) >= 11 is 11.9. The fourth-order valence-corrected chi connectivity index (χ4v) is 4.31. The molecule has 1 aromatic heterocycles. The molecule has 168 valence electrons. The molecule has 5 nitrogen and oxygen atoms in total. The van der Waals surface area contributed by atoms with E-state index in [9.17, 15) is 9.18 Å². The first-order chi connectivity index (χ1) is 15.1. The maximum absolute atomic E-state index is 14.2. The smallest absolute Gasteiger partial charge is 0.241 e. The van der Waals surface area contributed by atoms with Crippen molar-refractivity contribution in [3.05, 3.63) is 81.8 Å². The van der Waals surface area contributed by atoms with Gasteiger partial charge in [0.25, 0.3) is 0 Å². The van der Waals surface area contributed by atoms with Crippen LogP contribution < -0.4 is 10.6 Å². The molecule has 3 atom stereocenters. The molecule has 0 saturated carbocycles. The number of hydrogen-bond donors (Lipinski definition) is 2. The Bertz CT molecular complexity index is 1140. The van der Waals surface area contributed by atoms with Crippen molar-refractivity contribution < 1.29 is 9.18 Å². The minimum absolute atomic E-state index is 0.0653. The lowest BCUT2D eigenvalue weighted by Gasteiger charge is -2.21. The third-order valence-electron chi connectivity index (χ3n) is 5.66. The summed E-state index contributed by atoms with van der Waals surface area (Å²) in [6.45, 7) is 6.22. The number of benzene rings is 2. The van der Waals surface area contributed by atoms with E-state index in [1.165, 1.54) is 12.1 Å². The molecule has 0 aliphatic carbocycles. The van der Waals surface area contributed by atoms with Crippen LogP contribution in [-0.4, -0.2) is 21.7 Å². The Morgan fingerprint density at radius 1 is 1.19 bits per heavy atom. The number of aromatic nitrogens is 2. The molecule has 2 aromatic carbocycles. The van der Waals surface area contributed by atoms with Gasteiger partial charge in [0.1, 0.15) is 5.82 Å². The molecule has 2 heterocycles. The van der Waals surface area contributed by atoms with Crippen molar-refractivity contribution in [3.8, 4) is 0 Å². The average molecular weight is 475 g/mol. The van der Waals surface area contributed by atoms with Gasteiger partial charge in [-0.3, -0.25) is 14.8 Å². The van der Waals surface area contributed by atoms with E-state index < -0.39 is 11.9 Å². The Morgan fingerprint density at radius 3 is 2.62 bits per heavy atom. The molecule has 1 saturated heterocycles. The molecule has 3 aromatic rings. The van der Waals surface area contributed by atoms with Crippen LogP contribution in [0.1, 0.15) is 50.4 Å². The quantitative estimate of drug-likeness (QED) is 0.493. The van der Waals surface area contributed by atoms with E-state index in [1.807, 2.05) is 16.9 Å². The fraction of sp³-hybridized carbons (Fsp3) is 0.333. The summed E-state index contributed by atoms with van der Waals surface area (Å²) in [5.41, 5.74) is 2.03. The highest BCUT2D eigenvalue weighted by Gasteiger charge is 2.40. The SMILES string of the molecule is CC(C)(C)n1ccc([C@@H]2C[C@@H](C(=O)Nc3cccc(Cl)c3)N[C@H]2c2ccc(Cl)c(F)c2)n1. The zero-order valence-electron chi connectivity index (χ0n) is 18.1. The van der Waals surface area contributed by atoms with E-state index in [0.717, 1.165) is 11.3 Å². The first-order valence-corrected chi connectivity index (χ1v) is 11.2. The molecule has 0 spiro atoms. The van der Waals surface area contributed by atoms with E-state index in [4.69, 9.17) is 28.3 Å². The third kappa shape index (κ3) is 4.82. The number of carbonyl (C=O) groups is 1. The minimum Gasteiger partial charge on any atom is -0.325 e. The van der Waals surface area contributed by atoms with Gasteiger partial charge in [-0.1, -0.05) is 35.3 Å². The molecular formula is C24H25Cl2FN4O. The predicted molar refractivity (Wildman–Crippen MR) is 126 cm³/mol. The van der Waals surface area contributed by atoms with Crippen LogP contribution in [0.2, 0.25) is 10.0 Å². The molecule has 1 amide bonds. The van der Waals surface area contributed by atoms with Crippen LogP contribution >= 0.6 is 23.2 Å². The van der Waals surface area contributed by atoms with Crippen LogP contribution in [0.4, 0.5) is 10.1 Å². The van der Waals surface area contributed by atoms with E-state index in [2.05, 4.69) is 31.4 Å². The normalized spacial score (nSPS) is 21.0. The lowest BCUT2D eigenvalue weighted by molar-refractivity contribution is -0.117. The topological polar surface area (TPSA) is 59.0 Å². The predicted octanol–water partition coefficient (Wildman–Crippen LogP) is 5.91. The summed E-state index contributed by atoms with van der Waals surface area (Å²) in [6.07, 6.45) is 2.46. The Hall–Kier alpha value is -2.41. The van der Waals surface area contributed by atoms with Gasteiger partial charge in [0.2, 0.25) is 5.91 Å². The van der Waals surface area contributed by atoms with Gasteiger partial charge in [-0.2, -0.15) is 5.10 Å². The van der Waals surface area contributed by atoms with E-state index in [-0.39, 0.29) is 28.4 Å². The van der Waals surface area contributed by atoms with Gasteiger partial charge in [-0.05, 0) is 69.2 Å². The zero-order chi connectivity index (χ0) is 23.0. The molecule has 8 heteroatoms. The first-order valence-electron chi connectivity index (χ1n) is 10.5. The lowest BCUT2D eigenvalue weighted by atomic mass is 9.90. The molecule has 2 N–H and O–H groups in total. The van der Waals surface area contributed by atoms with Crippen molar-refractivity contribution in [2.75, 3.05) is 5.32 Å². The molecule has 32 heavy (non-hydrogen) atoms. The van der Waals surface area contributed by atoms with Gasteiger partial charge >= 0.3 is 0 Å². The molecule has 0 unspecified atom stereocenters. The Balaban J connectivity index is 1.63. The maximum Gasteiger partial charge on any atom is 0.241 e. The van der Waals surface area contributed by atoms with Gasteiger partial charge < -0.3 is 5.32 Å². The van der Waals surface area contributed by atoms with Crippen molar-refractivity contribution in [1.82, 2.24) is 15.1 Å². The second kappa shape index (κ2) is 8.85. The standard InChI is InChI=1S/C24H25Cl2FN4O/c1-24(2,3)31-10-9-20(30-31)17-13-21(23(32)28-16-6-4-5-15(25)12-16)29-22(17)14-7-8-18(26)19(27)11-14/h4-12,17,21-22,29H,13H2,1-3H3,(H,28,32)/t17-,21-,22-/m0/s1. The first kappa shape index (κ1) is 22.8. The molecular weight excluding hydrogens is 450 g/mol. The third-order valence-corrected chi connectivity index (χ3v) is 6.20. The Morgan fingerprint density at radius 2 is 1.97 bits per heavy atom. The summed E-state index contributed by atoms with van der Waals surface area (Å²) in [7, 11) is 0. The largest absolute Gasteiger partial charge is 0.325 e. The highest BCUT2D eigenvalue weighted by atomic mass is 35.5. The summed E-state index contributed by atoms with van der Waals surface area (Å²) in [5.74, 6) is -0.782. The minimum atomic E-state index is -0.489. The van der Waals surface area contributed by atoms with E-state index >= 15 is 0 Å². The zero-order valence-corrected chi connectivity index (χ0v) is 19.6. The summed E-state index contributed by atoms with van der Waals surface area (Å²) in [5, 5.41) is 11.7. The summed E-state index contributed by atoms with van der Waals surface area (Å²) in [4.78, 5) is 13.0. The maximum atomic E-state index is 14.2. The highest BCUT2D eigenvalue weighted by molar-refractivity contribution is 6.31. The number of nitrogens with one attached hydrogen (secondary N) is 2. The Labute approximate surface area is 196 Å². The van der Waals surface area contributed by atoms with E-state index in [0.29, 0.717) is 17.1 Å². The monoisotopic (exact) mass is 474 g/mol. The van der Waals surface area contributed by atoms with Crippen LogP contribution in [0.25, 0.3) is 0 Å². The van der Waals surface area contributed by atoms with Crippen molar-refractivity contribution in [1.29, 1.82) is 0 Å². The Kier molecular flexibility index (Phi) is 6.30. The highest BCUT2D eigenvalue weighted by Crippen LogP contribution is 2.41. The number of halogens is 3. The molecule has 1 aliphatic rings. The van der Waals surface area contributed by atoms with Crippen LogP contribution in [0.5, 0.6) is 0 Å². The number of carbonyl (C=O) groups excluding carboxylic acids is 1. The van der Waals surface area contributed by atoms with Crippen molar-refractivity contribution in [3.63, 3.8) is 0 Å². The molecule has 0 radical (unpaired) electrons. The van der Waals surface area contributed by atoms with Gasteiger partial charge in [0.15, 0.2) is 0 Å². The number of nitrogens with zero attached hydrogens (tertiary/aromatic N) is 2. The number of hydrogen-bond acceptors (Lipinski definition) is 3. The average Bonchev–Trinajstić information content (AvgIpc) is 3.37. The second-order valence-electron chi connectivity index (χ2n) is 9.07. The summed E-state index contributed by atoms with van der Waals surface area (Å²) in [6, 6.07) is 12.9. The van der Waals surface area contributed by atoms with Gasteiger partial charge in [-0.25, -0.2) is 4.39 Å². The van der Waals surface area contributed by atoms with Crippen LogP contribution in [0, 0.1) is 5.82 Å². The number of rotatable bonds is 4. The lowest BCUT2D eigenvalue weighted by Crippen LogP contribution is -2.36. The van der Waals surface area contributed by atoms with Crippen molar-refractivity contribution in [2.24, 2.45) is 0 Å². The van der Waals surface area contributed by atoms with Gasteiger partial charge in [0, 0.05) is 28.9 Å². The van der Waals surface area contributed by atoms with Gasteiger partial charge in [0.05, 0.1) is 22.3 Å². The molecule has 4 rings (SSSR count). The van der Waals surface area contributed by atoms with Crippen LogP contribution in [0.3, 0.4) is 0 Å². The molecule has 1 aliphatic heterocycles. The van der Waals surface area contributed by atoms with E-state index in [1.54, 1.807) is 30.3 Å². The fourth-order valence-electron chi connectivity index (χ4n) is 4.00. The molecule has 0 bridgehead atoms. The molecule has 1 fully saturated rings. The van der Waals surface area contributed by atoms with Crippen LogP contribution in [0.15, 0.2) is 54.7 Å². The number of anilines is 1. The number of amides is 1.